The SMILES string of the molecule is Cc1csc(CCNCc2cn3ccccc3n2)n1. The van der Waals surface area contributed by atoms with Crippen molar-refractivity contribution in [2.24, 2.45) is 0 Å². The van der Waals surface area contributed by atoms with Gasteiger partial charge >= 0.3 is 0 Å². The van der Waals surface area contributed by atoms with E-state index < -0.39 is 0 Å². The zero-order valence-corrected chi connectivity index (χ0v) is 11.7. The van der Waals surface area contributed by atoms with Gasteiger partial charge in [-0.25, -0.2) is 9.97 Å². The topological polar surface area (TPSA) is 42.2 Å². The number of nitrogens with one attached hydrogen (secondary N) is 1. The number of aryl methyl sites for hydroxylation is 1. The van der Waals surface area contributed by atoms with Crippen LogP contribution in [0.5, 0.6) is 0 Å². The van der Waals surface area contributed by atoms with Gasteiger partial charge < -0.3 is 9.72 Å². The summed E-state index contributed by atoms with van der Waals surface area (Å²) >= 11 is 1.73. The van der Waals surface area contributed by atoms with Crippen molar-refractivity contribution in [3.63, 3.8) is 0 Å². The highest BCUT2D eigenvalue weighted by Gasteiger charge is 2.01. The van der Waals surface area contributed by atoms with Crippen LogP contribution in [0.15, 0.2) is 36.0 Å². The molecule has 19 heavy (non-hydrogen) atoms. The number of imidazole rings is 1. The van der Waals surface area contributed by atoms with E-state index in [1.807, 2.05) is 35.7 Å². The Bertz CT molecular complexity index is 638. The van der Waals surface area contributed by atoms with Gasteiger partial charge in [-0.2, -0.15) is 0 Å². The van der Waals surface area contributed by atoms with Crippen molar-refractivity contribution in [1.82, 2.24) is 19.7 Å². The van der Waals surface area contributed by atoms with Crippen molar-refractivity contribution in [3.8, 4) is 0 Å². The molecule has 0 fully saturated rings. The molecule has 3 aromatic heterocycles. The molecule has 4 nitrogen and oxygen atoms in total. The Morgan fingerprint density at radius 1 is 1.32 bits per heavy atom. The molecule has 0 aliphatic rings. The first-order valence-corrected chi connectivity index (χ1v) is 7.23. The number of hydrogen-bond acceptors (Lipinski definition) is 4. The van der Waals surface area contributed by atoms with E-state index in [4.69, 9.17) is 0 Å². The molecule has 3 aromatic rings. The summed E-state index contributed by atoms with van der Waals surface area (Å²) in [6, 6.07) is 6.03. The van der Waals surface area contributed by atoms with Gasteiger partial charge in [0.05, 0.1) is 10.7 Å². The lowest BCUT2D eigenvalue weighted by Crippen LogP contribution is -2.16. The van der Waals surface area contributed by atoms with E-state index in [0.717, 1.165) is 36.5 Å². The molecule has 5 heteroatoms. The Balaban J connectivity index is 1.52. The van der Waals surface area contributed by atoms with Gasteiger partial charge in [0.25, 0.3) is 0 Å². The molecule has 0 radical (unpaired) electrons. The molecule has 1 N–H and O–H groups in total. The molecule has 0 bridgehead atoms. The van der Waals surface area contributed by atoms with Crippen LogP contribution < -0.4 is 5.32 Å². The van der Waals surface area contributed by atoms with Crippen molar-refractivity contribution in [2.45, 2.75) is 19.9 Å². The quantitative estimate of drug-likeness (QED) is 0.725. The minimum atomic E-state index is 0.798. The first kappa shape index (κ1) is 12.3. The van der Waals surface area contributed by atoms with E-state index in [0.29, 0.717) is 0 Å². The van der Waals surface area contributed by atoms with Gasteiger partial charge in [-0.05, 0) is 19.1 Å². The average Bonchev–Trinajstić information content (AvgIpc) is 3.00. The largest absolute Gasteiger partial charge is 0.311 e. The summed E-state index contributed by atoms with van der Waals surface area (Å²) in [5, 5.41) is 6.70. The fraction of sp³-hybridized carbons (Fsp3) is 0.286. The Hall–Kier alpha value is -1.72. The molecular weight excluding hydrogens is 256 g/mol. The fourth-order valence-corrected chi connectivity index (χ4v) is 2.78. The molecule has 0 saturated heterocycles. The average molecular weight is 272 g/mol. The molecule has 3 rings (SSSR count). The zero-order chi connectivity index (χ0) is 13.1. The lowest BCUT2D eigenvalue weighted by molar-refractivity contribution is 0.675. The van der Waals surface area contributed by atoms with Crippen LogP contribution in [0.2, 0.25) is 0 Å². The summed E-state index contributed by atoms with van der Waals surface area (Å²) in [6.45, 7) is 3.76. The predicted octanol–water partition coefficient (Wildman–Crippen LogP) is 2.43. The van der Waals surface area contributed by atoms with Crippen molar-refractivity contribution in [2.75, 3.05) is 6.54 Å². The summed E-state index contributed by atoms with van der Waals surface area (Å²) < 4.78 is 2.04. The maximum absolute atomic E-state index is 4.55. The molecule has 0 amide bonds. The van der Waals surface area contributed by atoms with Crippen LogP contribution in [0, 0.1) is 6.92 Å². The van der Waals surface area contributed by atoms with E-state index >= 15 is 0 Å². The number of thiazole rings is 1. The lowest BCUT2D eigenvalue weighted by Gasteiger charge is -1.99. The molecule has 0 unspecified atom stereocenters. The molecule has 0 aliphatic carbocycles. The van der Waals surface area contributed by atoms with Crippen LogP contribution in [-0.2, 0) is 13.0 Å². The third-order valence-corrected chi connectivity index (χ3v) is 3.93. The van der Waals surface area contributed by atoms with Gasteiger partial charge in [-0.3, -0.25) is 0 Å². The molecule has 0 spiro atoms. The smallest absolute Gasteiger partial charge is 0.137 e. The van der Waals surface area contributed by atoms with Gasteiger partial charge in [0, 0.05) is 43.0 Å². The second-order valence-corrected chi connectivity index (χ2v) is 5.45. The van der Waals surface area contributed by atoms with Gasteiger partial charge in [0.15, 0.2) is 0 Å². The predicted molar refractivity (Wildman–Crippen MR) is 77.5 cm³/mol. The molecule has 98 valence electrons. The third kappa shape index (κ3) is 3.00. The summed E-state index contributed by atoms with van der Waals surface area (Å²) in [7, 11) is 0. The lowest BCUT2D eigenvalue weighted by atomic mass is 10.4. The minimum absolute atomic E-state index is 0.798. The summed E-state index contributed by atoms with van der Waals surface area (Å²) in [4.78, 5) is 9.00. The zero-order valence-electron chi connectivity index (χ0n) is 10.8. The Kier molecular flexibility index (Phi) is 3.57. The third-order valence-electron chi connectivity index (χ3n) is 2.90. The molecular formula is C14H16N4S. The monoisotopic (exact) mass is 272 g/mol. The number of aromatic nitrogens is 3. The Labute approximate surface area is 116 Å². The number of nitrogens with zero attached hydrogens (tertiary/aromatic N) is 3. The van der Waals surface area contributed by atoms with E-state index in [2.05, 4.69) is 26.9 Å². The van der Waals surface area contributed by atoms with Crippen LogP contribution in [0.3, 0.4) is 0 Å². The fourth-order valence-electron chi connectivity index (χ4n) is 2.00. The van der Waals surface area contributed by atoms with Crippen LogP contribution in [-0.4, -0.2) is 20.9 Å². The van der Waals surface area contributed by atoms with Crippen molar-refractivity contribution < 1.29 is 0 Å². The highest BCUT2D eigenvalue weighted by atomic mass is 32.1. The van der Waals surface area contributed by atoms with E-state index in [1.165, 1.54) is 5.01 Å². The summed E-state index contributed by atoms with van der Waals surface area (Å²) in [5.74, 6) is 0. The molecule has 0 aromatic carbocycles. The summed E-state index contributed by atoms with van der Waals surface area (Å²) in [5.41, 5.74) is 3.18. The number of fused-ring (bicyclic) bond motifs is 1. The van der Waals surface area contributed by atoms with Crippen LogP contribution in [0.1, 0.15) is 16.4 Å². The first-order valence-electron chi connectivity index (χ1n) is 6.35. The van der Waals surface area contributed by atoms with E-state index in [-0.39, 0.29) is 0 Å². The molecule has 0 aliphatic heterocycles. The van der Waals surface area contributed by atoms with Crippen LogP contribution >= 0.6 is 11.3 Å². The molecule has 3 heterocycles. The Morgan fingerprint density at radius 2 is 2.26 bits per heavy atom. The second-order valence-electron chi connectivity index (χ2n) is 4.51. The van der Waals surface area contributed by atoms with Crippen molar-refractivity contribution in [1.29, 1.82) is 0 Å². The minimum Gasteiger partial charge on any atom is -0.311 e. The normalized spacial score (nSPS) is 11.2. The van der Waals surface area contributed by atoms with Gasteiger partial charge in [-0.1, -0.05) is 6.07 Å². The van der Waals surface area contributed by atoms with Crippen LogP contribution in [0.4, 0.5) is 0 Å². The number of rotatable bonds is 5. The molecule has 0 saturated carbocycles. The van der Waals surface area contributed by atoms with Crippen LogP contribution in [0.25, 0.3) is 5.65 Å². The summed E-state index contributed by atoms with van der Waals surface area (Å²) in [6.07, 6.45) is 5.06. The Morgan fingerprint density at radius 3 is 3.05 bits per heavy atom. The van der Waals surface area contributed by atoms with Crippen molar-refractivity contribution in [3.05, 3.63) is 52.4 Å². The van der Waals surface area contributed by atoms with Gasteiger partial charge in [-0.15, -0.1) is 11.3 Å². The second kappa shape index (κ2) is 5.50. The first-order chi connectivity index (χ1) is 9.31. The number of pyridine rings is 1. The maximum Gasteiger partial charge on any atom is 0.137 e. The van der Waals surface area contributed by atoms with E-state index in [9.17, 15) is 0 Å². The molecule has 0 atom stereocenters. The van der Waals surface area contributed by atoms with Crippen molar-refractivity contribution >= 4 is 17.0 Å². The standard InChI is InChI=1S/C14H16N4S/c1-11-10-19-14(16-11)5-6-15-8-12-9-18-7-3-2-4-13(18)17-12/h2-4,7,9-10,15H,5-6,8H2,1H3. The van der Waals surface area contributed by atoms with E-state index in [1.54, 1.807) is 11.3 Å². The van der Waals surface area contributed by atoms with Gasteiger partial charge in [0.2, 0.25) is 0 Å². The maximum atomic E-state index is 4.55. The highest BCUT2D eigenvalue weighted by Crippen LogP contribution is 2.09. The highest BCUT2D eigenvalue weighted by molar-refractivity contribution is 7.09. The van der Waals surface area contributed by atoms with Gasteiger partial charge in [0.1, 0.15) is 5.65 Å². The number of hydrogen-bond donors (Lipinski definition) is 1.